The molecule has 0 fully saturated rings. The van der Waals surface area contributed by atoms with Crippen LogP contribution in [-0.2, 0) is 20.9 Å². The van der Waals surface area contributed by atoms with Crippen LogP contribution in [0.25, 0.3) is 0 Å². The van der Waals surface area contributed by atoms with Gasteiger partial charge in [0, 0.05) is 6.54 Å². The third-order valence-electron chi connectivity index (χ3n) is 5.48. The van der Waals surface area contributed by atoms with Gasteiger partial charge in [-0.15, -0.1) is 0 Å². The Morgan fingerprint density at radius 2 is 1.50 bits per heavy atom. The molecule has 0 aliphatic carbocycles. The monoisotopic (exact) mass is 476 g/mol. The van der Waals surface area contributed by atoms with Crippen molar-refractivity contribution in [3.05, 3.63) is 35.9 Å². The van der Waals surface area contributed by atoms with Crippen LogP contribution < -0.4 is 16.8 Å². The molecule has 0 heterocycles. The van der Waals surface area contributed by atoms with E-state index in [1.807, 2.05) is 30.3 Å². The molecule has 0 aliphatic heterocycles. The lowest BCUT2D eigenvalue weighted by molar-refractivity contribution is -0.146. The molecule has 8 heteroatoms. The van der Waals surface area contributed by atoms with Crippen molar-refractivity contribution in [2.45, 2.75) is 96.6 Å². The number of benzene rings is 1. The van der Waals surface area contributed by atoms with Crippen molar-refractivity contribution in [3.8, 4) is 0 Å². The fourth-order valence-electron chi connectivity index (χ4n) is 3.52. The molecular weight excluding hydrogens is 432 g/mol. The molecule has 5 N–H and O–H groups in total. The molecule has 0 aromatic heterocycles. The molecule has 8 nitrogen and oxygen atoms in total. The summed E-state index contributed by atoms with van der Waals surface area (Å²) in [6.45, 7) is 3.07. The summed E-state index contributed by atoms with van der Waals surface area (Å²) in [7, 11) is 0. The van der Waals surface area contributed by atoms with Crippen molar-refractivity contribution in [1.29, 1.82) is 0 Å². The number of guanidine groups is 1. The van der Waals surface area contributed by atoms with Gasteiger partial charge in [0.05, 0.1) is 6.61 Å². The Morgan fingerprint density at radius 1 is 0.882 bits per heavy atom. The first-order chi connectivity index (χ1) is 16.5. The summed E-state index contributed by atoms with van der Waals surface area (Å²) < 4.78 is 10.7. The van der Waals surface area contributed by atoms with Crippen LogP contribution >= 0.6 is 0 Å². The number of hydrogen-bond donors (Lipinski definition) is 3. The molecule has 34 heavy (non-hydrogen) atoms. The number of alkyl carbamates (subject to hydrolysis) is 1. The van der Waals surface area contributed by atoms with Gasteiger partial charge in [-0.05, 0) is 24.8 Å². The number of amides is 1. The first-order valence-electron chi connectivity index (χ1n) is 12.7. The minimum absolute atomic E-state index is 0.00434. The molecule has 0 spiro atoms. The average Bonchev–Trinajstić information content (AvgIpc) is 2.83. The maximum absolute atomic E-state index is 12.6. The summed E-state index contributed by atoms with van der Waals surface area (Å²) in [6, 6.07) is 8.55. The Balaban J connectivity index is 2.31. The summed E-state index contributed by atoms with van der Waals surface area (Å²) >= 11 is 0. The van der Waals surface area contributed by atoms with Crippen LogP contribution in [0.5, 0.6) is 0 Å². The highest BCUT2D eigenvalue weighted by atomic mass is 16.6. The van der Waals surface area contributed by atoms with E-state index in [2.05, 4.69) is 17.2 Å². The number of nitrogens with zero attached hydrogens (tertiary/aromatic N) is 1. The van der Waals surface area contributed by atoms with E-state index in [0.717, 1.165) is 24.8 Å². The van der Waals surface area contributed by atoms with Crippen LogP contribution in [0.3, 0.4) is 0 Å². The molecule has 1 rings (SSSR count). The van der Waals surface area contributed by atoms with Crippen molar-refractivity contribution in [3.63, 3.8) is 0 Å². The van der Waals surface area contributed by atoms with E-state index in [4.69, 9.17) is 20.9 Å². The number of carbonyl (C=O) groups is 2. The standard InChI is InChI=1S/C26H44N4O4/c1-2-3-4-5-6-7-8-9-10-14-20-33-24(31)23(18-15-19-29-25(27)28)30-26(32)34-21-22-16-12-11-13-17-22/h11-13,16-17,23H,2-10,14-15,18-21H2,1H3,(H,30,32)(H4,27,28,29)/t23-/m0/s1. The molecule has 0 saturated carbocycles. The maximum Gasteiger partial charge on any atom is 0.408 e. The van der Waals surface area contributed by atoms with Crippen LogP contribution in [0.15, 0.2) is 35.3 Å². The number of aliphatic imine (C=N–C) groups is 1. The van der Waals surface area contributed by atoms with Crippen molar-refractivity contribution in [2.24, 2.45) is 16.5 Å². The lowest BCUT2D eigenvalue weighted by Gasteiger charge is -2.17. The maximum atomic E-state index is 12.6. The summed E-state index contributed by atoms with van der Waals surface area (Å²) in [5.41, 5.74) is 11.6. The van der Waals surface area contributed by atoms with Crippen LogP contribution in [0, 0.1) is 0 Å². The summed E-state index contributed by atoms with van der Waals surface area (Å²) in [6.07, 6.45) is 12.3. The van der Waals surface area contributed by atoms with Gasteiger partial charge in [-0.3, -0.25) is 4.99 Å². The van der Waals surface area contributed by atoms with Crippen LogP contribution in [0.2, 0.25) is 0 Å². The molecule has 1 amide bonds. The number of esters is 1. The first-order valence-corrected chi connectivity index (χ1v) is 12.7. The van der Waals surface area contributed by atoms with Gasteiger partial charge in [0.2, 0.25) is 0 Å². The lowest BCUT2D eigenvalue weighted by atomic mass is 10.1. The molecule has 1 aromatic rings. The molecule has 0 saturated heterocycles. The number of rotatable bonds is 19. The Morgan fingerprint density at radius 3 is 2.12 bits per heavy atom. The van der Waals surface area contributed by atoms with Gasteiger partial charge >= 0.3 is 12.1 Å². The van der Waals surface area contributed by atoms with Crippen molar-refractivity contribution < 1.29 is 19.1 Å². The summed E-state index contributed by atoms with van der Waals surface area (Å²) in [5, 5.41) is 2.62. The number of unbranched alkanes of at least 4 members (excludes halogenated alkanes) is 9. The smallest absolute Gasteiger partial charge is 0.408 e. The van der Waals surface area contributed by atoms with E-state index in [1.165, 1.54) is 44.9 Å². The van der Waals surface area contributed by atoms with E-state index in [0.29, 0.717) is 26.0 Å². The normalized spacial score (nSPS) is 11.4. The van der Waals surface area contributed by atoms with Crippen LogP contribution in [0.4, 0.5) is 4.79 Å². The largest absolute Gasteiger partial charge is 0.464 e. The number of nitrogens with two attached hydrogens (primary N) is 2. The van der Waals surface area contributed by atoms with Gasteiger partial charge in [0.15, 0.2) is 5.96 Å². The zero-order valence-electron chi connectivity index (χ0n) is 20.8. The van der Waals surface area contributed by atoms with Gasteiger partial charge in [0.25, 0.3) is 0 Å². The third kappa shape index (κ3) is 15.9. The van der Waals surface area contributed by atoms with Gasteiger partial charge in [-0.2, -0.15) is 0 Å². The van der Waals surface area contributed by atoms with E-state index in [-0.39, 0.29) is 12.6 Å². The number of nitrogens with one attached hydrogen (secondary N) is 1. The Labute approximate surface area is 204 Å². The second-order valence-electron chi connectivity index (χ2n) is 8.56. The van der Waals surface area contributed by atoms with Gasteiger partial charge < -0.3 is 26.3 Å². The zero-order valence-corrected chi connectivity index (χ0v) is 20.8. The minimum atomic E-state index is -0.805. The summed E-state index contributed by atoms with van der Waals surface area (Å²) in [5.74, 6) is -0.465. The van der Waals surface area contributed by atoms with Gasteiger partial charge in [0.1, 0.15) is 12.6 Å². The molecule has 192 valence electrons. The van der Waals surface area contributed by atoms with E-state index in [1.54, 1.807) is 0 Å². The Bertz CT molecular complexity index is 693. The topological polar surface area (TPSA) is 129 Å². The number of carbonyl (C=O) groups excluding carboxylic acids is 2. The van der Waals surface area contributed by atoms with Crippen molar-refractivity contribution >= 4 is 18.0 Å². The predicted molar refractivity (Wildman–Crippen MR) is 136 cm³/mol. The highest BCUT2D eigenvalue weighted by molar-refractivity contribution is 5.81. The molecule has 0 bridgehead atoms. The zero-order chi connectivity index (χ0) is 24.9. The van der Waals surface area contributed by atoms with E-state index in [9.17, 15) is 9.59 Å². The fraction of sp³-hybridized carbons (Fsp3) is 0.654. The first kappa shape index (κ1) is 29.3. The molecule has 0 radical (unpaired) electrons. The molecule has 1 atom stereocenters. The second kappa shape index (κ2) is 19.7. The van der Waals surface area contributed by atoms with E-state index < -0.39 is 18.1 Å². The van der Waals surface area contributed by atoms with Crippen LogP contribution in [-0.4, -0.2) is 37.2 Å². The quantitative estimate of drug-likeness (QED) is 0.114. The predicted octanol–water partition coefficient (Wildman–Crippen LogP) is 4.80. The van der Waals surface area contributed by atoms with Crippen LogP contribution in [0.1, 0.15) is 89.5 Å². The van der Waals surface area contributed by atoms with Gasteiger partial charge in [-0.1, -0.05) is 95.0 Å². The lowest BCUT2D eigenvalue weighted by Crippen LogP contribution is -2.42. The van der Waals surface area contributed by atoms with E-state index >= 15 is 0 Å². The second-order valence-corrected chi connectivity index (χ2v) is 8.56. The molecular formula is C26H44N4O4. The number of hydrogen-bond acceptors (Lipinski definition) is 5. The highest BCUT2D eigenvalue weighted by Crippen LogP contribution is 2.11. The molecule has 0 aliphatic rings. The fourth-order valence-corrected chi connectivity index (χ4v) is 3.52. The highest BCUT2D eigenvalue weighted by Gasteiger charge is 2.22. The Hall–Kier alpha value is -2.77. The minimum Gasteiger partial charge on any atom is -0.464 e. The SMILES string of the molecule is CCCCCCCCCCCCOC(=O)[C@H](CCCN=C(N)N)NC(=O)OCc1ccccc1. The third-order valence-corrected chi connectivity index (χ3v) is 5.48. The molecule has 0 unspecified atom stereocenters. The summed E-state index contributed by atoms with van der Waals surface area (Å²) in [4.78, 5) is 28.7. The van der Waals surface area contributed by atoms with Crippen molar-refractivity contribution in [2.75, 3.05) is 13.2 Å². The average molecular weight is 477 g/mol. The molecule has 1 aromatic carbocycles. The Kier molecular flexibility index (Phi) is 16.9. The van der Waals surface area contributed by atoms with Crippen molar-refractivity contribution in [1.82, 2.24) is 5.32 Å². The van der Waals surface area contributed by atoms with Gasteiger partial charge in [-0.25, -0.2) is 9.59 Å². The number of ether oxygens (including phenoxy) is 2.